The van der Waals surface area contributed by atoms with Crippen LogP contribution in [0.3, 0.4) is 0 Å². The Balaban J connectivity index is 2.47. The molecule has 0 radical (unpaired) electrons. The van der Waals surface area contributed by atoms with Crippen molar-refractivity contribution in [3.63, 3.8) is 0 Å². The molecule has 1 unspecified atom stereocenters. The molecule has 78 valence electrons. The highest BCUT2D eigenvalue weighted by Gasteiger charge is 2.05. The van der Waals surface area contributed by atoms with Gasteiger partial charge in [0.05, 0.1) is 11.1 Å². The highest BCUT2D eigenvalue weighted by molar-refractivity contribution is 9.10. The zero-order valence-corrected chi connectivity index (χ0v) is 9.91. The van der Waals surface area contributed by atoms with Crippen molar-refractivity contribution in [3.05, 3.63) is 17.0 Å². The summed E-state index contributed by atoms with van der Waals surface area (Å²) in [6.07, 6.45) is 3.23. The summed E-state index contributed by atoms with van der Waals surface area (Å²) in [5, 5.41) is 3.22. The Labute approximate surface area is 92.2 Å². The molecule has 0 fully saturated rings. The average molecular weight is 260 g/mol. The molecule has 14 heavy (non-hydrogen) atoms. The van der Waals surface area contributed by atoms with Crippen molar-refractivity contribution in [3.8, 4) is 0 Å². The monoisotopic (exact) mass is 259 g/mol. The van der Waals surface area contributed by atoms with Crippen LogP contribution in [0.25, 0.3) is 0 Å². The molecule has 1 atom stereocenters. The van der Waals surface area contributed by atoms with Crippen LogP contribution < -0.4 is 5.32 Å². The molecule has 0 saturated carbocycles. The van der Waals surface area contributed by atoms with Crippen LogP contribution in [0.15, 0.2) is 17.0 Å². The molecule has 0 bridgehead atoms. The van der Waals surface area contributed by atoms with Gasteiger partial charge in [0.1, 0.15) is 12.1 Å². The van der Waals surface area contributed by atoms with Crippen LogP contribution in [0.5, 0.6) is 0 Å². The number of ether oxygens (including phenoxy) is 1. The number of aromatic nitrogens is 2. The number of nitrogens with one attached hydrogen (secondary N) is 1. The molecule has 0 spiro atoms. The molecule has 0 saturated heterocycles. The number of nitrogens with zero attached hydrogens (tertiary/aromatic N) is 2. The lowest BCUT2D eigenvalue weighted by Gasteiger charge is -2.14. The van der Waals surface area contributed by atoms with E-state index in [0.717, 1.165) is 16.9 Å². The van der Waals surface area contributed by atoms with Gasteiger partial charge in [0, 0.05) is 18.8 Å². The van der Waals surface area contributed by atoms with Crippen molar-refractivity contribution in [2.24, 2.45) is 0 Å². The lowest BCUT2D eigenvalue weighted by atomic mass is 10.3. The summed E-state index contributed by atoms with van der Waals surface area (Å²) in [6.45, 7) is 5.43. The second kappa shape index (κ2) is 5.93. The fourth-order valence-corrected chi connectivity index (χ4v) is 1.32. The first-order valence-electron chi connectivity index (χ1n) is 4.53. The standard InChI is InChI=1S/C9H14BrN3O/c1-3-14-5-7(2)13-9-8(10)4-11-6-12-9/h4,6-7H,3,5H2,1-2H3,(H,11,12,13). The number of hydrogen-bond donors (Lipinski definition) is 1. The molecule has 0 amide bonds. The second-order valence-corrected chi connectivity index (χ2v) is 3.78. The van der Waals surface area contributed by atoms with Crippen LogP contribution in [0.4, 0.5) is 5.82 Å². The highest BCUT2D eigenvalue weighted by Crippen LogP contribution is 2.17. The van der Waals surface area contributed by atoms with Crippen LogP contribution in [0.1, 0.15) is 13.8 Å². The summed E-state index contributed by atoms with van der Waals surface area (Å²) in [4.78, 5) is 7.99. The van der Waals surface area contributed by atoms with E-state index in [0.29, 0.717) is 6.61 Å². The van der Waals surface area contributed by atoms with E-state index in [2.05, 4.69) is 31.2 Å². The van der Waals surface area contributed by atoms with Gasteiger partial charge in [0.2, 0.25) is 0 Å². The molecule has 1 aromatic rings. The number of rotatable bonds is 5. The zero-order chi connectivity index (χ0) is 10.4. The molecular formula is C9H14BrN3O. The van der Waals surface area contributed by atoms with Gasteiger partial charge >= 0.3 is 0 Å². The molecule has 1 heterocycles. The normalized spacial score (nSPS) is 12.5. The summed E-state index contributed by atoms with van der Waals surface area (Å²) in [5.41, 5.74) is 0. The van der Waals surface area contributed by atoms with Gasteiger partial charge in [-0.05, 0) is 29.8 Å². The molecule has 0 aliphatic rings. The van der Waals surface area contributed by atoms with E-state index >= 15 is 0 Å². The SMILES string of the molecule is CCOCC(C)Nc1ncncc1Br. The molecule has 0 aliphatic heterocycles. The van der Waals surface area contributed by atoms with Gasteiger partial charge < -0.3 is 10.1 Å². The van der Waals surface area contributed by atoms with E-state index in [1.165, 1.54) is 6.33 Å². The summed E-state index contributed by atoms with van der Waals surface area (Å²) >= 11 is 3.36. The molecule has 0 aromatic carbocycles. The Kier molecular flexibility index (Phi) is 4.82. The number of halogens is 1. The first-order chi connectivity index (χ1) is 6.74. The van der Waals surface area contributed by atoms with Gasteiger partial charge in [-0.15, -0.1) is 0 Å². The maximum Gasteiger partial charge on any atom is 0.144 e. The minimum Gasteiger partial charge on any atom is -0.380 e. The predicted octanol–water partition coefficient (Wildman–Crippen LogP) is 2.08. The molecule has 1 N–H and O–H groups in total. The number of anilines is 1. The van der Waals surface area contributed by atoms with Crippen LogP contribution in [0, 0.1) is 0 Å². The molecule has 0 aliphatic carbocycles. The smallest absolute Gasteiger partial charge is 0.144 e. The summed E-state index contributed by atoms with van der Waals surface area (Å²) in [5.74, 6) is 0.798. The van der Waals surface area contributed by atoms with Crippen molar-refractivity contribution in [1.29, 1.82) is 0 Å². The van der Waals surface area contributed by atoms with E-state index in [1.54, 1.807) is 6.20 Å². The van der Waals surface area contributed by atoms with E-state index in [9.17, 15) is 0 Å². The summed E-state index contributed by atoms with van der Waals surface area (Å²) < 4.78 is 6.15. The second-order valence-electron chi connectivity index (χ2n) is 2.92. The Hall–Kier alpha value is -0.680. The third kappa shape index (κ3) is 3.59. The summed E-state index contributed by atoms with van der Waals surface area (Å²) in [6, 6.07) is 0.237. The van der Waals surface area contributed by atoms with Crippen molar-refractivity contribution in [1.82, 2.24) is 9.97 Å². The average Bonchev–Trinajstić information content (AvgIpc) is 2.18. The maximum atomic E-state index is 5.29. The van der Waals surface area contributed by atoms with Crippen LogP contribution >= 0.6 is 15.9 Å². The fourth-order valence-electron chi connectivity index (χ4n) is 0.989. The highest BCUT2D eigenvalue weighted by atomic mass is 79.9. The molecular weight excluding hydrogens is 246 g/mol. The lowest BCUT2D eigenvalue weighted by Crippen LogP contribution is -2.22. The van der Waals surface area contributed by atoms with Crippen molar-refractivity contribution in [2.75, 3.05) is 18.5 Å². The minimum absolute atomic E-state index is 0.237. The predicted molar refractivity (Wildman–Crippen MR) is 59.3 cm³/mol. The van der Waals surface area contributed by atoms with Gasteiger partial charge in [-0.2, -0.15) is 0 Å². The first-order valence-corrected chi connectivity index (χ1v) is 5.33. The molecule has 1 aromatic heterocycles. The summed E-state index contributed by atoms with van der Waals surface area (Å²) in [7, 11) is 0. The van der Waals surface area contributed by atoms with Gasteiger partial charge in [0.15, 0.2) is 0 Å². The third-order valence-electron chi connectivity index (χ3n) is 1.62. The zero-order valence-electron chi connectivity index (χ0n) is 8.33. The third-order valence-corrected chi connectivity index (χ3v) is 2.20. The Morgan fingerprint density at radius 3 is 3.07 bits per heavy atom. The van der Waals surface area contributed by atoms with E-state index in [-0.39, 0.29) is 6.04 Å². The molecule has 1 rings (SSSR count). The topological polar surface area (TPSA) is 47.0 Å². The van der Waals surface area contributed by atoms with Gasteiger partial charge in [0.25, 0.3) is 0 Å². The van der Waals surface area contributed by atoms with Crippen LogP contribution in [-0.4, -0.2) is 29.2 Å². The fraction of sp³-hybridized carbons (Fsp3) is 0.556. The Morgan fingerprint density at radius 2 is 2.43 bits per heavy atom. The van der Waals surface area contributed by atoms with E-state index in [4.69, 9.17) is 4.74 Å². The van der Waals surface area contributed by atoms with Crippen molar-refractivity contribution < 1.29 is 4.74 Å². The van der Waals surface area contributed by atoms with Crippen LogP contribution in [-0.2, 0) is 4.74 Å². The van der Waals surface area contributed by atoms with Crippen molar-refractivity contribution in [2.45, 2.75) is 19.9 Å². The first kappa shape index (κ1) is 11.4. The van der Waals surface area contributed by atoms with E-state index in [1.807, 2.05) is 13.8 Å². The van der Waals surface area contributed by atoms with Gasteiger partial charge in [-0.3, -0.25) is 0 Å². The Morgan fingerprint density at radius 1 is 1.64 bits per heavy atom. The minimum atomic E-state index is 0.237. The largest absolute Gasteiger partial charge is 0.380 e. The Bertz CT molecular complexity index is 283. The van der Waals surface area contributed by atoms with E-state index < -0.39 is 0 Å². The number of hydrogen-bond acceptors (Lipinski definition) is 4. The van der Waals surface area contributed by atoms with Gasteiger partial charge in [-0.1, -0.05) is 0 Å². The molecule has 5 heteroatoms. The maximum absolute atomic E-state index is 5.29. The lowest BCUT2D eigenvalue weighted by molar-refractivity contribution is 0.141. The molecule has 4 nitrogen and oxygen atoms in total. The quantitative estimate of drug-likeness (QED) is 0.880. The van der Waals surface area contributed by atoms with Crippen LogP contribution in [0.2, 0.25) is 0 Å². The van der Waals surface area contributed by atoms with Crippen molar-refractivity contribution >= 4 is 21.7 Å². The van der Waals surface area contributed by atoms with Gasteiger partial charge in [-0.25, -0.2) is 9.97 Å².